The molecular formula is C14H23NS. The maximum absolute atomic E-state index is 3.53. The second kappa shape index (κ2) is 5.92. The molecule has 3 rings (SSSR count). The van der Waals surface area contributed by atoms with Gasteiger partial charge in [0.2, 0.25) is 0 Å². The van der Waals surface area contributed by atoms with Gasteiger partial charge in [0, 0.05) is 6.04 Å². The molecule has 0 aromatic heterocycles. The molecule has 2 unspecified atom stereocenters. The summed E-state index contributed by atoms with van der Waals surface area (Å²) in [6, 6.07) is 0.889. The highest BCUT2D eigenvalue weighted by molar-refractivity contribution is 7.79. The molecule has 2 atom stereocenters. The fourth-order valence-electron chi connectivity index (χ4n) is 3.34. The number of nitrogens with zero attached hydrogens (tertiary/aromatic N) is 1. The van der Waals surface area contributed by atoms with Gasteiger partial charge in [-0.15, -0.1) is 0 Å². The average Bonchev–Trinajstić information content (AvgIpc) is 3.00. The molecule has 1 saturated carbocycles. The molecule has 1 nitrogen and oxygen atoms in total. The highest BCUT2D eigenvalue weighted by atomic mass is 32.1. The Morgan fingerprint density at radius 3 is 1.94 bits per heavy atom. The highest BCUT2D eigenvalue weighted by Gasteiger charge is 2.35. The lowest BCUT2D eigenvalue weighted by atomic mass is 9.92. The molecule has 0 spiro atoms. The van der Waals surface area contributed by atoms with Crippen LogP contribution in [0.1, 0.15) is 25.7 Å². The monoisotopic (exact) mass is 237 g/mol. The quantitative estimate of drug-likeness (QED) is 0.686. The van der Waals surface area contributed by atoms with Crippen LogP contribution in [0.4, 0.5) is 0 Å². The standard InChI is InChI=1S/C13H19N.CH4S/c1-2-6-12-10-13(9-11(12)5-1)14-7-3-4-8-14;1-2/h1-2,5-6,11-13H,3-4,7-10H2;2H,1H3. The molecule has 2 fully saturated rings. The van der Waals surface area contributed by atoms with E-state index in [0.717, 1.165) is 17.9 Å². The van der Waals surface area contributed by atoms with Gasteiger partial charge < -0.3 is 4.90 Å². The van der Waals surface area contributed by atoms with Crippen LogP contribution in [0.3, 0.4) is 0 Å². The van der Waals surface area contributed by atoms with E-state index in [2.05, 4.69) is 41.8 Å². The van der Waals surface area contributed by atoms with Crippen LogP contribution in [-0.4, -0.2) is 30.3 Å². The zero-order valence-corrected chi connectivity index (χ0v) is 11.1. The smallest absolute Gasteiger partial charge is 0.0107 e. The molecule has 90 valence electrons. The number of fused-ring (bicyclic) bond motifs is 1. The first-order valence-electron chi connectivity index (χ1n) is 6.47. The number of rotatable bonds is 1. The fraction of sp³-hybridized carbons (Fsp3) is 0.714. The van der Waals surface area contributed by atoms with Gasteiger partial charge in [0.05, 0.1) is 0 Å². The third kappa shape index (κ3) is 2.54. The fourth-order valence-corrected chi connectivity index (χ4v) is 3.34. The van der Waals surface area contributed by atoms with E-state index in [1.807, 2.05) is 0 Å². The maximum Gasteiger partial charge on any atom is 0.0107 e. The van der Waals surface area contributed by atoms with E-state index in [1.165, 1.54) is 38.8 Å². The number of hydrogen-bond acceptors (Lipinski definition) is 2. The summed E-state index contributed by atoms with van der Waals surface area (Å²) in [5.41, 5.74) is 0. The molecule has 0 N–H and O–H groups in total. The van der Waals surface area contributed by atoms with Crippen LogP contribution >= 0.6 is 12.6 Å². The third-order valence-electron chi connectivity index (χ3n) is 4.12. The SMILES string of the molecule is C1=CC2CC(N3CCCC3)CC2C=C1.CS. The van der Waals surface area contributed by atoms with Crippen LogP contribution in [0.15, 0.2) is 24.3 Å². The average molecular weight is 237 g/mol. The third-order valence-corrected chi connectivity index (χ3v) is 4.12. The second-order valence-corrected chi connectivity index (χ2v) is 4.97. The van der Waals surface area contributed by atoms with Gasteiger partial charge in [-0.3, -0.25) is 0 Å². The van der Waals surface area contributed by atoms with Crippen molar-refractivity contribution in [1.29, 1.82) is 0 Å². The zero-order valence-electron chi connectivity index (χ0n) is 10.2. The van der Waals surface area contributed by atoms with Crippen molar-refractivity contribution in [2.75, 3.05) is 19.3 Å². The summed E-state index contributed by atoms with van der Waals surface area (Å²) >= 11 is 3.53. The molecule has 0 bridgehead atoms. The van der Waals surface area contributed by atoms with E-state index in [4.69, 9.17) is 0 Å². The van der Waals surface area contributed by atoms with Gasteiger partial charge in [0.1, 0.15) is 0 Å². The van der Waals surface area contributed by atoms with Crippen LogP contribution < -0.4 is 0 Å². The first-order chi connectivity index (χ1) is 7.93. The van der Waals surface area contributed by atoms with E-state index in [0.29, 0.717) is 0 Å². The molecule has 0 radical (unpaired) electrons. The zero-order chi connectivity index (χ0) is 11.4. The summed E-state index contributed by atoms with van der Waals surface area (Å²) in [4.78, 5) is 2.72. The molecule has 2 heteroatoms. The molecule has 0 amide bonds. The largest absolute Gasteiger partial charge is 0.300 e. The lowest BCUT2D eigenvalue weighted by Gasteiger charge is -2.22. The van der Waals surface area contributed by atoms with Crippen molar-refractivity contribution < 1.29 is 0 Å². The van der Waals surface area contributed by atoms with Crippen molar-refractivity contribution in [3.05, 3.63) is 24.3 Å². The van der Waals surface area contributed by atoms with Gasteiger partial charge in [-0.05, 0) is 56.9 Å². The van der Waals surface area contributed by atoms with Gasteiger partial charge in [-0.2, -0.15) is 12.6 Å². The highest BCUT2D eigenvalue weighted by Crippen LogP contribution is 2.39. The summed E-state index contributed by atoms with van der Waals surface area (Å²) in [6.45, 7) is 2.72. The summed E-state index contributed by atoms with van der Waals surface area (Å²) in [7, 11) is 0. The lowest BCUT2D eigenvalue weighted by Crippen LogP contribution is -2.30. The predicted molar refractivity (Wildman–Crippen MR) is 74.0 cm³/mol. The van der Waals surface area contributed by atoms with Crippen LogP contribution in [0.5, 0.6) is 0 Å². The molecule has 0 aromatic rings. The first kappa shape index (κ1) is 12.3. The number of hydrogen-bond donors (Lipinski definition) is 1. The van der Waals surface area contributed by atoms with E-state index >= 15 is 0 Å². The van der Waals surface area contributed by atoms with Crippen LogP contribution in [-0.2, 0) is 0 Å². The number of likely N-dealkylation sites (tertiary alicyclic amines) is 1. The number of thiol groups is 1. The second-order valence-electron chi connectivity index (χ2n) is 4.97. The van der Waals surface area contributed by atoms with Gasteiger partial charge in [-0.25, -0.2) is 0 Å². The Morgan fingerprint density at radius 1 is 0.938 bits per heavy atom. The Bertz CT molecular complexity index is 246. The van der Waals surface area contributed by atoms with Crippen molar-refractivity contribution in [3.8, 4) is 0 Å². The molecule has 2 aliphatic carbocycles. The predicted octanol–water partition coefficient (Wildman–Crippen LogP) is 3.15. The molecule has 16 heavy (non-hydrogen) atoms. The Kier molecular flexibility index (Phi) is 4.54. The lowest BCUT2D eigenvalue weighted by molar-refractivity contribution is 0.242. The summed E-state index contributed by atoms with van der Waals surface area (Å²) in [5.74, 6) is 1.70. The van der Waals surface area contributed by atoms with Crippen molar-refractivity contribution in [2.24, 2.45) is 11.8 Å². The van der Waals surface area contributed by atoms with Crippen molar-refractivity contribution in [2.45, 2.75) is 31.7 Å². The Morgan fingerprint density at radius 2 is 1.44 bits per heavy atom. The minimum absolute atomic E-state index is 0.852. The van der Waals surface area contributed by atoms with Crippen LogP contribution in [0.25, 0.3) is 0 Å². The van der Waals surface area contributed by atoms with Crippen molar-refractivity contribution in [3.63, 3.8) is 0 Å². The molecule has 0 aromatic carbocycles. The van der Waals surface area contributed by atoms with Crippen molar-refractivity contribution >= 4 is 12.6 Å². The van der Waals surface area contributed by atoms with E-state index in [-0.39, 0.29) is 0 Å². The van der Waals surface area contributed by atoms with Crippen LogP contribution in [0, 0.1) is 11.8 Å². The normalized spacial score (nSPS) is 37.0. The Labute approximate surface area is 105 Å². The summed E-state index contributed by atoms with van der Waals surface area (Å²) in [6.07, 6.45) is 16.7. The summed E-state index contributed by atoms with van der Waals surface area (Å²) in [5, 5.41) is 0. The van der Waals surface area contributed by atoms with E-state index < -0.39 is 0 Å². The molecule has 1 aliphatic heterocycles. The van der Waals surface area contributed by atoms with Gasteiger partial charge in [0.15, 0.2) is 0 Å². The first-order valence-corrected chi connectivity index (χ1v) is 7.37. The molecule has 3 aliphatic rings. The molecule has 1 heterocycles. The van der Waals surface area contributed by atoms with Crippen molar-refractivity contribution in [1.82, 2.24) is 4.90 Å². The van der Waals surface area contributed by atoms with E-state index in [1.54, 1.807) is 6.26 Å². The maximum atomic E-state index is 3.53. The van der Waals surface area contributed by atoms with Gasteiger partial charge in [0.25, 0.3) is 0 Å². The topological polar surface area (TPSA) is 3.24 Å². The molecule has 1 saturated heterocycles. The minimum atomic E-state index is 0.852. The van der Waals surface area contributed by atoms with Gasteiger partial charge >= 0.3 is 0 Å². The molecular weight excluding hydrogens is 214 g/mol. The Hall–Kier alpha value is -0.210. The Balaban J connectivity index is 0.000000457. The minimum Gasteiger partial charge on any atom is -0.300 e. The summed E-state index contributed by atoms with van der Waals surface area (Å²) < 4.78 is 0. The van der Waals surface area contributed by atoms with E-state index in [9.17, 15) is 0 Å². The van der Waals surface area contributed by atoms with Crippen LogP contribution in [0.2, 0.25) is 0 Å². The number of allylic oxidation sites excluding steroid dienone is 4. The van der Waals surface area contributed by atoms with Gasteiger partial charge in [-0.1, -0.05) is 24.3 Å².